The Morgan fingerprint density at radius 2 is 1.94 bits per heavy atom. The van der Waals surface area contributed by atoms with Crippen molar-refractivity contribution in [3.63, 3.8) is 0 Å². The summed E-state index contributed by atoms with van der Waals surface area (Å²) < 4.78 is 0. The zero-order valence-corrected chi connectivity index (χ0v) is 9.56. The Morgan fingerprint density at radius 3 is 2.50 bits per heavy atom. The fourth-order valence-corrected chi connectivity index (χ4v) is 1.98. The molecule has 2 fully saturated rings. The minimum Gasteiger partial charge on any atom is -0.368 e. The molecule has 5 nitrogen and oxygen atoms in total. The van der Waals surface area contributed by atoms with Gasteiger partial charge in [-0.2, -0.15) is 15.0 Å². The van der Waals surface area contributed by atoms with E-state index in [0.29, 0.717) is 17.8 Å². The van der Waals surface area contributed by atoms with Crippen LogP contribution >= 0.6 is 0 Å². The van der Waals surface area contributed by atoms with Gasteiger partial charge < -0.3 is 10.6 Å². The second kappa shape index (κ2) is 3.57. The van der Waals surface area contributed by atoms with Crippen molar-refractivity contribution >= 4 is 11.9 Å². The molecule has 3 rings (SSSR count). The van der Waals surface area contributed by atoms with Gasteiger partial charge in [-0.3, -0.25) is 0 Å². The highest BCUT2D eigenvalue weighted by atomic mass is 15.3. The van der Waals surface area contributed by atoms with Crippen LogP contribution in [0.2, 0.25) is 0 Å². The predicted molar refractivity (Wildman–Crippen MR) is 62.1 cm³/mol. The molecular formula is C11H17N5. The third kappa shape index (κ3) is 2.08. The Labute approximate surface area is 95.1 Å². The van der Waals surface area contributed by atoms with Crippen LogP contribution in [0.5, 0.6) is 0 Å². The Balaban J connectivity index is 1.84. The SMILES string of the molecule is Cc1nc(N)nc(N(CC2CC2)C2CC2)n1. The molecule has 0 spiro atoms. The van der Waals surface area contributed by atoms with Gasteiger partial charge >= 0.3 is 0 Å². The predicted octanol–water partition coefficient (Wildman–Crippen LogP) is 1.14. The second-order valence-corrected chi connectivity index (χ2v) is 4.87. The van der Waals surface area contributed by atoms with Crippen molar-refractivity contribution in [1.29, 1.82) is 0 Å². The van der Waals surface area contributed by atoms with Crippen LogP contribution < -0.4 is 10.6 Å². The summed E-state index contributed by atoms with van der Waals surface area (Å²) in [4.78, 5) is 15.0. The zero-order chi connectivity index (χ0) is 11.1. The van der Waals surface area contributed by atoms with E-state index in [1.807, 2.05) is 6.92 Å². The summed E-state index contributed by atoms with van der Waals surface area (Å²) in [6.45, 7) is 2.96. The van der Waals surface area contributed by atoms with E-state index in [-0.39, 0.29) is 0 Å². The van der Waals surface area contributed by atoms with Crippen molar-refractivity contribution in [2.75, 3.05) is 17.2 Å². The maximum atomic E-state index is 5.68. The molecule has 0 atom stereocenters. The van der Waals surface area contributed by atoms with E-state index in [9.17, 15) is 0 Å². The van der Waals surface area contributed by atoms with Crippen molar-refractivity contribution in [3.05, 3.63) is 5.82 Å². The van der Waals surface area contributed by atoms with E-state index >= 15 is 0 Å². The summed E-state index contributed by atoms with van der Waals surface area (Å²) in [5.41, 5.74) is 5.68. The van der Waals surface area contributed by atoms with Gasteiger partial charge in [0.2, 0.25) is 11.9 Å². The van der Waals surface area contributed by atoms with Crippen LogP contribution in [0.1, 0.15) is 31.5 Å². The number of anilines is 2. The Kier molecular flexibility index (Phi) is 2.19. The van der Waals surface area contributed by atoms with E-state index in [2.05, 4.69) is 19.9 Å². The first-order valence-corrected chi connectivity index (χ1v) is 5.97. The van der Waals surface area contributed by atoms with Crippen LogP contribution in [0.15, 0.2) is 0 Å². The average Bonchev–Trinajstić information content (AvgIpc) is 3.07. The number of nitrogens with zero attached hydrogens (tertiary/aromatic N) is 4. The molecular weight excluding hydrogens is 202 g/mol. The summed E-state index contributed by atoms with van der Waals surface area (Å²) >= 11 is 0. The Morgan fingerprint density at radius 1 is 1.19 bits per heavy atom. The number of hydrogen-bond donors (Lipinski definition) is 1. The molecule has 86 valence electrons. The third-order valence-corrected chi connectivity index (χ3v) is 3.15. The van der Waals surface area contributed by atoms with Gasteiger partial charge in [0.1, 0.15) is 5.82 Å². The van der Waals surface area contributed by atoms with Crippen molar-refractivity contribution in [2.45, 2.75) is 38.6 Å². The van der Waals surface area contributed by atoms with Crippen LogP contribution in [-0.2, 0) is 0 Å². The zero-order valence-electron chi connectivity index (χ0n) is 9.56. The molecule has 5 heteroatoms. The highest BCUT2D eigenvalue weighted by Crippen LogP contribution is 2.36. The normalized spacial score (nSPS) is 19.8. The largest absolute Gasteiger partial charge is 0.368 e. The number of aromatic nitrogens is 3. The molecule has 1 aromatic rings. The number of nitrogen functional groups attached to an aromatic ring is 1. The molecule has 0 aliphatic heterocycles. The first-order valence-electron chi connectivity index (χ1n) is 5.97. The number of rotatable bonds is 4. The van der Waals surface area contributed by atoms with Gasteiger partial charge in [0.15, 0.2) is 0 Å². The maximum Gasteiger partial charge on any atom is 0.230 e. The molecule has 2 saturated carbocycles. The lowest BCUT2D eigenvalue weighted by Crippen LogP contribution is -2.30. The fourth-order valence-electron chi connectivity index (χ4n) is 1.98. The van der Waals surface area contributed by atoms with Crippen LogP contribution in [0.3, 0.4) is 0 Å². The van der Waals surface area contributed by atoms with E-state index in [1.54, 1.807) is 0 Å². The van der Waals surface area contributed by atoms with Gasteiger partial charge in [-0.15, -0.1) is 0 Å². The number of nitrogens with two attached hydrogens (primary N) is 1. The van der Waals surface area contributed by atoms with Gasteiger partial charge in [0, 0.05) is 12.6 Å². The monoisotopic (exact) mass is 219 g/mol. The van der Waals surface area contributed by atoms with E-state index in [4.69, 9.17) is 5.73 Å². The molecule has 1 heterocycles. The lowest BCUT2D eigenvalue weighted by Gasteiger charge is -2.22. The molecule has 0 aromatic carbocycles. The number of hydrogen-bond acceptors (Lipinski definition) is 5. The smallest absolute Gasteiger partial charge is 0.230 e. The van der Waals surface area contributed by atoms with Crippen molar-refractivity contribution in [3.8, 4) is 0 Å². The highest BCUT2D eigenvalue weighted by molar-refractivity contribution is 5.38. The fraction of sp³-hybridized carbons (Fsp3) is 0.727. The summed E-state index contributed by atoms with van der Waals surface area (Å²) in [6, 6.07) is 0.641. The van der Waals surface area contributed by atoms with E-state index in [1.165, 1.54) is 25.7 Å². The van der Waals surface area contributed by atoms with Gasteiger partial charge in [0.05, 0.1) is 0 Å². The minimum absolute atomic E-state index is 0.337. The summed E-state index contributed by atoms with van der Waals surface area (Å²) in [7, 11) is 0. The van der Waals surface area contributed by atoms with Crippen molar-refractivity contribution < 1.29 is 0 Å². The standard InChI is InChI=1S/C11H17N5/c1-7-13-10(12)15-11(14-7)16(9-4-5-9)6-8-2-3-8/h8-9H,2-6H2,1H3,(H2,12,13,14,15). The summed E-state index contributed by atoms with van der Waals surface area (Å²) in [5, 5.41) is 0. The van der Waals surface area contributed by atoms with Crippen molar-refractivity contribution in [2.24, 2.45) is 5.92 Å². The van der Waals surface area contributed by atoms with Crippen LogP contribution in [0.4, 0.5) is 11.9 Å². The molecule has 1 aromatic heterocycles. The van der Waals surface area contributed by atoms with Gasteiger partial charge in [0.25, 0.3) is 0 Å². The molecule has 0 amide bonds. The van der Waals surface area contributed by atoms with Crippen LogP contribution in [-0.4, -0.2) is 27.5 Å². The summed E-state index contributed by atoms with van der Waals surface area (Å²) in [6.07, 6.45) is 5.22. The average molecular weight is 219 g/mol. The number of aryl methyl sites for hydroxylation is 1. The molecule has 16 heavy (non-hydrogen) atoms. The summed E-state index contributed by atoms with van der Waals surface area (Å²) in [5.74, 6) is 2.67. The van der Waals surface area contributed by atoms with E-state index < -0.39 is 0 Å². The molecule has 2 aliphatic carbocycles. The lowest BCUT2D eigenvalue weighted by atomic mass is 10.3. The quantitative estimate of drug-likeness (QED) is 0.822. The Bertz CT molecular complexity index is 377. The first kappa shape index (κ1) is 9.81. The topological polar surface area (TPSA) is 67.9 Å². The Hall–Kier alpha value is -1.39. The minimum atomic E-state index is 0.337. The second-order valence-electron chi connectivity index (χ2n) is 4.87. The molecule has 0 bridgehead atoms. The molecule has 0 radical (unpaired) electrons. The van der Waals surface area contributed by atoms with Gasteiger partial charge in [-0.05, 0) is 38.5 Å². The molecule has 2 aliphatic rings. The third-order valence-electron chi connectivity index (χ3n) is 3.15. The molecule has 2 N–H and O–H groups in total. The van der Waals surface area contributed by atoms with Gasteiger partial charge in [-0.1, -0.05) is 0 Å². The van der Waals surface area contributed by atoms with Crippen LogP contribution in [0, 0.1) is 12.8 Å². The van der Waals surface area contributed by atoms with Gasteiger partial charge in [-0.25, -0.2) is 0 Å². The molecule has 0 saturated heterocycles. The lowest BCUT2D eigenvalue weighted by molar-refractivity contribution is 0.692. The van der Waals surface area contributed by atoms with Crippen molar-refractivity contribution in [1.82, 2.24) is 15.0 Å². The highest BCUT2D eigenvalue weighted by Gasteiger charge is 2.35. The molecule has 0 unspecified atom stereocenters. The van der Waals surface area contributed by atoms with Crippen LogP contribution in [0.25, 0.3) is 0 Å². The van der Waals surface area contributed by atoms with E-state index in [0.717, 1.165) is 18.4 Å². The first-order chi connectivity index (χ1) is 7.72. The maximum absolute atomic E-state index is 5.68.